The van der Waals surface area contributed by atoms with Crippen LogP contribution in [-0.2, 0) is 10.8 Å². The van der Waals surface area contributed by atoms with E-state index in [-0.39, 0.29) is 10.8 Å². The number of rotatable bonds is 9. The van der Waals surface area contributed by atoms with E-state index in [0.717, 1.165) is 0 Å². The molecule has 0 aliphatic rings. The van der Waals surface area contributed by atoms with E-state index in [4.69, 9.17) is 0 Å². The van der Waals surface area contributed by atoms with Crippen molar-refractivity contribution in [2.45, 2.75) is 130 Å². The number of para-hydroxylation sites is 1. The second kappa shape index (κ2) is 13.0. The Morgan fingerprint density at radius 2 is 0.814 bits per heavy atom. The van der Waals surface area contributed by atoms with Crippen molar-refractivity contribution >= 4 is 42.2 Å². The molecule has 1 nitrogen and oxygen atoms in total. The summed E-state index contributed by atoms with van der Waals surface area (Å²) in [6.07, 6.45) is 0. The number of hydrogen-bond donors (Lipinski definition) is 0. The Bertz CT molecular complexity index is 1270. The van der Waals surface area contributed by atoms with Crippen LogP contribution in [0.2, 0.25) is 0 Å². The molecule has 0 unspecified atom stereocenters. The Morgan fingerprint density at radius 3 is 1.09 bits per heavy atom. The van der Waals surface area contributed by atoms with Crippen molar-refractivity contribution in [1.29, 1.82) is 0 Å². The fourth-order valence-corrected chi connectivity index (χ4v) is 14.4. The second-order valence-electron chi connectivity index (χ2n) is 16.8. The van der Waals surface area contributed by atoms with Gasteiger partial charge in [0.2, 0.25) is 0 Å². The standard InChI is InChI=1S/C40H65NP2/c1-28(2)42(15,29(3)4)37-26-32(39(9,10)11)22-24-35(37)41(34-20-18-17-19-21-34)36-25-23-33(40(12,13)14)27-38(36)43(16,30(5)6)31(7)8/h17-31,42-43H,1-16H3. The van der Waals surface area contributed by atoms with Crippen molar-refractivity contribution < 1.29 is 0 Å². The fourth-order valence-electron chi connectivity index (χ4n) is 6.82. The summed E-state index contributed by atoms with van der Waals surface area (Å²) in [6.45, 7) is 39.2. The normalized spacial score (nSPS) is 14.2. The third-order valence-corrected chi connectivity index (χ3v) is 23.9. The van der Waals surface area contributed by atoms with Gasteiger partial charge in [-0.2, -0.15) is 0 Å². The van der Waals surface area contributed by atoms with Gasteiger partial charge in [-0.3, -0.25) is 0 Å². The number of benzene rings is 3. The topological polar surface area (TPSA) is 3.24 Å². The van der Waals surface area contributed by atoms with Gasteiger partial charge in [0.1, 0.15) is 0 Å². The Balaban J connectivity index is 2.60. The predicted octanol–water partition coefficient (Wildman–Crippen LogP) is 11.4. The van der Waals surface area contributed by atoms with Crippen LogP contribution >= 0.6 is 14.5 Å². The van der Waals surface area contributed by atoms with Crippen molar-refractivity contribution in [1.82, 2.24) is 0 Å². The molecule has 0 N–H and O–H groups in total. The average Bonchev–Trinajstić information content (AvgIpc) is 2.91. The third kappa shape index (κ3) is 6.95. The van der Waals surface area contributed by atoms with Gasteiger partial charge < -0.3 is 0 Å². The molecule has 0 aliphatic heterocycles. The first-order valence-corrected chi connectivity index (χ1v) is 22.1. The van der Waals surface area contributed by atoms with E-state index in [2.05, 4.69) is 182 Å². The molecule has 3 aromatic carbocycles. The SMILES string of the molecule is CC(C)[PH](C)(c1cc(C(C)(C)C)ccc1N(c1ccccc1)c1ccc(C(C)(C)C)cc1[PH](C)(C(C)C)C(C)C)C(C)C. The first kappa shape index (κ1) is 35.8. The molecule has 0 radical (unpaired) electrons. The first-order valence-electron chi connectivity index (χ1n) is 16.8. The van der Waals surface area contributed by atoms with Crippen LogP contribution in [0.5, 0.6) is 0 Å². The maximum absolute atomic E-state index is 2.66. The van der Waals surface area contributed by atoms with E-state index in [1.54, 1.807) is 10.6 Å². The summed E-state index contributed by atoms with van der Waals surface area (Å²) in [7, 11) is -3.88. The van der Waals surface area contributed by atoms with Crippen LogP contribution in [0, 0.1) is 0 Å². The van der Waals surface area contributed by atoms with E-state index in [0.29, 0.717) is 22.6 Å². The van der Waals surface area contributed by atoms with Crippen molar-refractivity contribution in [3.05, 3.63) is 77.9 Å². The Labute approximate surface area is 268 Å². The molecule has 0 saturated carbocycles. The molecule has 3 aromatic rings. The van der Waals surface area contributed by atoms with Gasteiger partial charge in [-0.25, -0.2) is 0 Å². The zero-order valence-corrected chi connectivity index (χ0v) is 32.6. The van der Waals surface area contributed by atoms with Gasteiger partial charge in [0.25, 0.3) is 0 Å². The van der Waals surface area contributed by atoms with Crippen LogP contribution in [0.15, 0.2) is 66.7 Å². The minimum absolute atomic E-state index is 0.0917. The third-order valence-electron chi connectivity index (χ3n) is 11.2. The van der Waals surface area contributed by atoms with Crippen molar-refractivity contribution in [3.8, 4) is 0 Å². The zero-order valence-electron chi connectivity index (χ0n) is 30.6. The molecule has 0 aliphatic carbocycles. The molecule has 0 heterocycles. The zero-order chi connectivity index (χ0) is 32.7. The summed E-state index contributed by atoms with van der Waals surface area (Å²) in [6, 6.07) is 26.2. The molecule has 0 aromatic heterocycles. The molecular formula is C40H65NP2. The van der Waals surface area contributed by atoms with E-state index < -0.39 is 14.5 Å². The predicted molar refractivity (Wildman–Crippen MR) is 207 cm³/mol. The van der Waals surface area contributed by atoms with Crippen LogP contribution in [0.3, 0.4) is 0 Å². The summed E-state index contributed by atoms with van der Waals surface area (Å²) in [5, 5.41) is 3.19. The summed E-state index contributed by atoms with van der Waals surface area (Å²) >= 11 is 0. The fraction of sp³-hybridized carbons (Fsp3) is 0.550. The van der Waals surface area contributed by atoms with Crippen LogP contribution in [0.1, 0.15) is 108 Å². The first-order chi connectivity index (χ1) is 19.7. The number of nitrogens with zero attached hydrogens (tertiary/aromatic N) is 1. The quantitative estimate of drug-likeness (QED) is 0.215. The molecule has 0 saturated heterocycles. The maximum atomic E-state index is 2.66. The van der Waals surface area contributed by atoms with Gasteiger partial charge in [0, 0.05) is 0 Å². The Hall–Kier alpha value is -1.68. The Morgan fingerprint density at radius 1 is 0.488 bits per heavy atom. The van der Waals surface area contributed by atoms with Crippen molar-refractivity contribution in [2.24, 2.45) is 0 Å². The molecule has 240 valence electrons. The molecule has 0 atom stereocenters. The number of hydrogen-bond acceptors (Lipinski definition) is 1. The van der Waals surface area contributed by atoms with Crippen molar-refractivity contribution in [2.75, 3.05) is 18.2 Å². The van der Waals surface area contributed by atoms with Gasteiger partial charge >= 0.3 is 269 Å². The van der Waals surface area contributed by atoms with Gasteiger partial charge in [-0.05, 0) is 0 Å². The van der Waals surface area contributed by atoms with Crippen LogP contribution < -0.4 is 15.5 Å². The molecule has 0 fully saturated rings. The van der Waals surface area contributed by atoms with E-state index in [1.165, 1.54) is 28.2 Å². The molecule has 43 heavy (non-hydrogen) atoms. The summed E-state index contributed by atoms with van der Waals surface area (Å²) in [4.78, 5) is 2.66. The molecular weight excluding hydrogens is 556 g/mol. The molecule has 0 amide bonds. The summed E-state index contributed by atoms with van der Waals surface area (Å²) < 4.78 is 0. The second-order valence-corrected chi connectivity index (χ2v) is 27.6. The van der Waals surface area contributed by atoms with E-state index in [9.17, 15) is 0 Å². The average molecular weight is 622 g/mol. The van der Waals surface area contributed by atoms with Gasteiger partial charge in [0.15, 0.2) is 0 Å². The number of anilines is 3. The van der Waals surface area contributed by atoms with Gasteiger partial charge in [0.05, 0.1) is 0 Å². The minimum atomic E-state index is -1.94. The van der Waals surface area contributed by atoms with E-state index in [1.807, 2.05) is 0 Å². The molecule has 0 bridgehead atoms. The van der Waals surface area contributed by atoms with Crippen LogP contribution in [0.25, 0.3) is 0 Å². The van der Waals surface area contributed by atoms with Gasteiger partial charge in [-0.1, -0.05) is 0 Å². The van der Waals surface area contributed by atoms with Crippen LogP contribution in [0.4, 0.5) is 17.1 Å². The Kier molecular flexibility index (Phi) is 10.8. The van der Waals surface area contributed by atoms with Crippen LogP contribution in [-0.4, -0.2) is 36.0 Å². The summed E-state index contributed by atoms with van der Waals surface area (Å²) in [5.41, 5.74) is 9.54. The molecule has 3 heteroatoms. The monoisotopic (exact) mass is 621 g/mol. The summed E-state index contributed by atoms with van der Waals surface area (Å²) in [5.74, 6) is 0. The van der Waals surface area contributed by atoms with Gasteiger partial charge in [-0.15, -0.1) is 0 Å². The molecule has 0 spiro atoms. The van der Waals surface area contributed by atoms with Crippen molar-refractivity contribution in [3.63, 3.8) is 0 Å². The van der Waals surface area contributed by atoms with E-state index >= 15 is 0 Å². The molecule has 3 rings (SSSR count).